The van der Waals surface area contributed by atoms with E-state index >= 15 is 0 Å². The van der Waals surface area contributed by atoms with Gasteiger partial charge in [-0.2, -0.15) is 5.26 Å². The highest BCUT2D eigenvalue weighted by Gasteiger charge is 2.22. The van der Waals surface area contributed by atoms with E-state index in [1.165, 1.54) is 6.92 Å². The van der Waals surface area contributed by atoms with Crippen LogP contribution in [0, 0.1) is 11.3 Å². The average Bonchev–Trinajstić information content (AvgIpc) is 2.54. The molecule has 1 fully saturated rings. The molecule has 0 atom stereocenters. The van der Waals surface area contributed by atoms with E-state index in [1.807, 2.05) is 12.1 Å². The quantitative estimate of drug-likeness (QED) is 0.825. The van der Waals surface area contributed by atoms with E-state index in [2.05, 4.69) is 6.07 Å². The number of nitrogens with zero attached hydrogens (tertiary/aromatic N) is 3. The molecule has 2 rings (SSSR count). The van der Waals surface area contributed by atoms with Crippen LogP contribution in [0.5, 0.6) is 5.75 Å². The fourth-order valence-electron chi connectivity index (χ4n) is 2.30. The number of hydrogen-bond acceptors (Lipinski definition) is 4. The number of nitriles is 1. The maximum atomic E-state index is 12.1. The van der Waals surface area contributed by atoms with Crippen LogP contribution in [0.1, 0.15) is 12.5 Å². The number of piperazine rings is 1. The van der Waals surface area contributed by atoms with Crippen molar-refractivity contribution in [3.63, 3.8) is 0 Å². The lowest BCUT2D eigenvalue weighted by molar-refractivity contribution is -0.139. The molecule has 0 aliphatic carbocycles. The summed E-state index contributed by atoms with van der Waals surface area (Å²) in [5.74, 6) is 0.572. The van der Waals surface area contributed by atoms with Gasteiger partial charge in [-0.3, -0.25) is 9.59 Å². The lowest BCUT2D eigenvalue weighted by Crippen LogP contribution is -2.51. The predicted molar refractivity (Wildman–Crippen MR) is 80.1 cm³/mol. The van der Waals surface area contributed by atoms with Crippen LogP contribution in [0.15, 0.2) is 24.3 Å². The zero-order valence-corrected chi connectivity index (χ0v) is 12.6. The molecule has 1 heterocycles. The molecule has 22 heavy (non-hydrogen) atoms. The average molecular weight is 301 g/mol. The Hall–Kier alpha value is -2.55. The summed E-state index contributed by atoms with van der Waals surface area (Å²) >= 11 is 0. The summed E-state index contributed by atoms with van der Waals surface area (Å²) in [6, 6.07) is 9.22. The van der Waals surface area contributed by atoms with Crippen LogP contribution in [0.2, 0.25) is 0 Å². The fraction of sp³-hybridized carbons (Fsp3) is 0.438. The molecular weight excluding hydrogens is 282 g/mol. The van der Waals surface area contributed by atoms with Crippen molar-refractivity contribution in [2.45, 2.75) is 13.3 Å². The number of amides is 2. The molecule has 1 aromatic carbocycles. The fourth-order valence-corrected chi connectivity index (χ4v) is 2.30. The molecule has 0 unspecified atom stereocenters. The molecular formula is C16H19N3O3. The summed E-state index contributed by atoms with van der Waals surface area (Å²) in [6.45, 7) is 3.76. The zero-order chi connectivity index (χ0) is 15.9. The Kier molecular flexibility index (Phi) is 5.37. The summed E-state index contributed by atoms with van der Waals surface area (Å²) in [4.78, 5) is 26.8. The van der Waals surface area contributed by atoms with Crippen LogP contribution < -0.4 is 4.74 Å². The number of carbonyl (C=O) groups excluding carboxylic acids is 2. The Morgan fingerprint density at radius 3 is 2.27 bits per heavy atom. The van der Waals surface area contributed by atoms with E-state index in [1.54, 1.807) is 21.9 Å². The van der Waals surface area contributed by atoms with Gasteiger partial charge in [0.05, 0.1) is 12.5 Å². The molecule has 1 aromatic rings. The van der Waals surface area contributed by atoms with Gasteiger partial charge in [0.25, 0.3) is 5.91 Å². The standard InChI is InChI=1S/C16H19N3O3/c1-13(20)18-8-10-19(11-9-18)16(21)12-22-15-4-2-14(3-5-15)6-7-17/h2-5H,6,8-12H2,1H3. The number of ether oxygens (including phenoxy) is 1. The molecule has 2 amide bonds. The molecule has 0 spiro atoms. The number of hydrogen-bond donors (Lipinski definition) is 0. The Morgan fingerprint density at radius 2 is 1.73 bits per heavy atom. The normalized spacial score (nSPS) is 14.4. The van der Waals surface area contributed by atoms with Crippen molar-refractivity contribution in [1.82, 2.24) is 9.80 Å². The van der Waals surface area contributed by atoms with Crippen LogP contribution in [0.4, 0.5) is 0 Å². The van der Waals surface area contributed by atoms with Gasteiger partial charge in [-0.25, -0.2) is 0 Å². The van der Waals surface area contributed by atoms with Crippen molar-refractivity contribution in [2.75, 3.05) is 32.8 Å². The topological polar surface area (TPSA) is 73.6 Å². The molecule has 0 aromatic heterocycles. The van der Waals surface area contributed by atoms with Crippen LogP contribution in [0.25, 0.3) is 0 Å². The summed E-state index contributed by atoms with van der Waals surface area (Å²) in [5, 5.41) is 8.61. The van der Waals surface area contributed by atoms with Crippen molar-refractivity contribution in [3.05, 3.63) is 29.8 Å². The zero-order valence-electron chi connectivity index (χ0n) is 12.6. The second-order valence-electron chi connectivity index (χ2n) is 5.15. The molecule has 1 saturated heterocycles. The minimum absolute atomic E-state index is 0.0162. The first-order valence-electron chi connectivity index (χ1n) is 7.22. The van der Waals surface area contributed by atoms with Gasteiger partial charge in [0.2, 0.25) is 5.91 Å². The Bertz CT molecular complexity index is 569. The van der Waals surface area contributed by atoms with Gasteiger partial charge in [0, 0.05) is 33.1 Å². The van der Waals surface area contributed by atoms with Crippen LogP contribution >= 0.6 is 0 Å². The Labute approximate surface area is 129 Å². The van der Waals surface area contributed by atoms with E-state index in [0.29, 0.717) is 38.3 Å². The first-order chi connectivity index (χ1) is 10.6. The molecule has 0 radical (unpaired) electrons. The van der Waals surface area contributed by atoms with Gasteiger partial charge < -0.3 is 14.5 Å². The van der Waals surface area contributed by atoms with Gasteiger partial charge in [-0.15, -0.1) is 0 Å². The highest BCUT2D eigenvalue weighted by molar-refractivity contribution is 5.78. The highest BCUT2D eigenvalue weighted by atomic mass is 16.5. The van der Waals surface area contributed by atoms with E-state index < -0.39 is 0 Å². The molecule has 1 aliphatic heterocycles. The van der Waals surface area contributed by atoms with Crippen molar-refractivity contribution in [3.8, 4) is 11.8 Å². The first kappa shape index (κ1) is 15.8. The third kappa shape index (κ3) is 4.22. The summed E-state index contributed by atoms with van der Waals surface area (Å²) in [7, 11) is 0. The minimum atomic E-state index is -0.0793. The molecule has 1 aliphatic rings. The largest absolute Gasteiger partial charge is 0.484 e. The second kappa shape index (κ2) is 7.46. The highest BCUT2D eigenvalue weighted by Crippen LogP contribution is 2.13. The molecule has 116 valence electrons. The lowest BCUT2D eigenvalue weighted by atomic mass is 10.2. The molecule has 0 N–H and O–H groups in total. The smallest absolute Gasteiger partial charge is 0.260 e. The van der Waals surface area contributed by atoms with Gasteiger partial charge in [-0.1, -0.05) is 12.1 Å². The number of benzene rings is 1. The molecule has 0 bridgehead atoms. The monoisotopic (exact) mass is 301 g/mol. The van der Waals surface area contributed by atoms with Gasteiger partial charge >= 0.3 is 0 Å². The summed E-state index contributed by atoms with van der Waals surface area (Å²) in [6.07, 6.45) is 0.361. The lowest BCUT2D eigenvalue weighted by Gasteiger charge is -2.34. The van der Waals surface area contributed by atoms with Crippen molar-refractivity contribution >= 4 is 11.8 Å². The number of carbonyl (C=O) groups is 2. The van der Waals surface area contributed by atoms with Crippen LogP contribution in [-0.4, -0.2) is 54.4 Å². The third-order valence-corrected chi connectivity index (χ3v) is 3.65. The van der Waals surface area contributed by atoms with Gasteiger partial charge in [0.1, 0.15) is 5.75 Å². The maximum absolute atomic E-state index is 12.1. The minimum Gasteiger partial charge on any atom is -0.484 e. The molecule has 6 heteroatoms. The second-order valence-corrected chi connectivity index (χ2v) is 5.15. The van der Waals surface area contributed by atoms with Crippen LogP contribution in [0.3, 0.4) is 0 Å². The summed E-state index contributed by atoms with van der Waals surface area (Å²) in [5.41, 5.74) is 0.918. The molecule has 0 saturated carbocycles. The van der Waals surface area contributed by atoms with E-state index in [-0.39, 0.29) is 18.4 Å². The van der Waals surface area contributed by atoms with Crippen LogP contribution in [-0.2, 0) is 16.0 Å². The first-order valence-corrected chi connectivity index (χ1v) is 7.22. The predicted octanol–water partition coefficient (Wildman–Crippen LogP) is 0.822. The maximum Gasteiger partial charge on any atom is 0.260 e. The third-order valence-electron chi connectivity index (χ3n) is 3.65. The van der Waals surface area contributed by atoms with Gasteiger partial charge in [-0.05, 0) is 17.7 Å². The number of rotatable bonds is 4. The van der Waals surface area contributed by atoms with E-state index in [0.717, 1.165) is 5.56 Å². The Morgan fingerprint density at radius 1 is 1.14 bits per heavy atom. The SMILES string of the molecule is CC(=O)N1CCN(C(=O)COc2ccc(CC#N)cc2)CC1. The van der Waals surface area contributed by atoms with E-state index in [4.69, 9.17) is 10.00 Å². The summed E-state index contributed by atoms with van der Waals surface area (Å²) < 4.78 is 5.47. The van der Waals surface area contributed by atoms with Crippen molar-refractivity contribution in [2.24, 2.45) is 0 Å². The van der Waals surface area contributed by atoms with Gasteiger partial charge in [0.15, 0.2) is 6.61 Å². The Balaban J connectivity index is 1.78. The van der Waals surface area contributed by atoms with E-state index in [9.17, 15) is 9.59 Å². The molecule has 6 nitrogen and oxygen atoms in total. The van der Waals surface area contributed by atoms with Crippen molar-refractivity contribution in [1.29, 1.82) is 5.26 Å². The van der Waals surface area contributed by atoms with Crippen molar-refractivity contribution < 1.29 is 14.3 Å².